The molecule has 1 aliphatic rings. The Morgan fingerprint density at radius 1 is 1.12 bits per heavy atom. The number of carbonyl (C=O) groups is 2. The predicted octanol–water partition coefficient (Wildman–Crippen LogP) is 2.87. The summed E-state index contributed by atoms with van der Waals surface area (Å²) in [5, 5.41) is 4.33. The molecule has 0 unspecified atom stereocenters. The molecule has 6 nitrogen and oxygen atoms in total. The van der Waals surface area contributed by atoms with Crippen LogP contribution in [0.5, 0.6) is 0 Å². The molecule has 138 valence electrons. The summed E-state index contributed by atoms with van der Waals surface area (Å²) in [5.41, 5.74) is 3.54. The van der Waals surface area contributed by atoms with Crippen molar-refractivity contribution in [2.45, 2.75) is 46.3 Å². The maximum absolute atomic E-state index is 12.3. The summed E-state index contributed by atoms with van der Waals surface area (Å²) in [6.45, 7) is 6.31. The largest absolute Gasteiger partial charge is 0.461 e. The maximum Gasteiger partial charge on any atom is 0.308 e. The van der Waals surface area contributed by atoms with E-state index in [0.717, 1.165) is 42.9 Å². The van der Waals surface area contributed by atoms with E-state index in [-0.39, 0.29) is 24.9 Å². The second-order valence-electron chi connectivity index (χ2n) is 6.76. The molecule has 26 heavy (non-hydrogen) atoms. The molecule has 0 spiro atoms. The number of likely N-dealkylation sites (tertiary alicyclic amines) is 1. The minimum atomic E-state index is -0.255. The molecule has 0 bridgehead atoms. The Morgan fingerprint density at radius 2 is 1.81 bits per heavy atom. The molecular formula is C20H25N3O3. The highest BCUT2D eigenvalue weighted by Gasteiger charge is 2.19. The molecule has 3 rings (SSSR count). The number of amides is 1. The van der Waals surface area contributed by atoms with Crippen molar-refractivity contribution in [3.8, 4) is 0 Å². The molecule has 2 aromatic rings. The fourth-order valence-corrected chi connectivity index (χ4v) is 3.18. The highest BCUT2D eigenvalue weighted by molar-refractivity contribution is 5.94. The number of nitrogens with zero attached hydrogens (tertiary/aromatic N) is 3. The van der Waals surface area contributed by atoms with Crippen molar-refractivity contribution in [3.63, 3.8) is 0 Å². The Bertz CT molecular complexity index is 774. The minimum Gasteiger partial charge on any atom is -0.461 e. The molecule has 1 amide bonds. The number of carbonyl (C=O) groups excluding carboxylic acids is 2. The Morgan fingerprint density at radius 3 is 2.42 bits per heavy atom. The maximum atomic E-state index is 12.3. The van der Waals surface area contributed by atoms with Crippen LogP contribution in [0, 0.1) is 13.8 Å². The van der Waals surface area contributed by atoms with Gasteiger partial charge in [0.05, 0.1) is 18.7 Å². The van der Waals surface area contributed by atoms with Crippen LogP contribution in [-0.4, -0.2) is 39.6 Å². The average Bonchev–Trinajstić information content (AvgIpc) is 3.27. The van der Waals surface area contributed by atoms with Gasteiger partial charge in [0.2, 0.25) is 0 Å². The monoisotopic (exact) mass is 355 g/mol. The van der Waals surface area contributed by atoms with Gasteiger partial charge in [0, 0.05) is 24.3 Å². The van der Waals surface area contributed by atoms with Crippen LogP contribution >= 0.6 is 0 Å². The van der Waals surface area contributed by atoms with Crippen LogP contribution in [0.2, 0.25) is 0 Å². The van der Waals surface area contributed by atoms with E-state index >= 15 is 0 Å². The second-order valence-corrected chi connectivity index (χ2v) is 6.76. The van der Waals surface area contributed by atoms with Crippen LogP contribution in [0.15, 0.2) is 30.3 Å². The number of aromatic nitrogens is 2. The van der Waals surface area contributed by atoms with Crippen LogP contribution in [-0.2, 0) is 22.7 Å². The number of ether oxygens (including phenoxy) is 1. The number of esters is 1. The predicted molar refractivity (Wildman–Crippen MR) is 97.7 cm³/mol. The van der Waals surface area contributed by atoms with Crippen molar-refractivity contribution in [3.05, 3.63) is 52.8 Å². The molecule has 0 N–H and O–H groups in total. The Labute approximate surface area is 153 Å². The van der Waals surface area contributed by atoms with Gasteiger partial charge in [0.25, 0.3) is 5.91 Å². The molecule has 1 aliphatic heterocycles. The molecule has 1 fully saturated rings. The smallest absolute Gasteiger partial charge is 0.308 e. The summed E-state index contributed by atoms with van der Waals surface area (Å²) in [6, 6.07) is 9.28. The second kappa shape index (κ2) is 8.17. The van der Waals surface area contributed by atoms with Gasteiger partial charge < -0.3 is 9.64 Å². The number of aryl methyl sites for hydroxylation is 3. The Hall–Kier alpha value is -2.63. The molecule has 1 aromatic carbocycles. The lowest BCUT2D eigenvalue weighted by Crippen LogP contribution is -2.27. The van der Waals surface area contributed by atoms with Crippen molar-refractivity contribution in [2.24, 2.45) is 0 Å². The minimum absolute atomic E-state index is 0.0796. The van der Waals surface area contributed by atoms with Gasteiger partial charge in [-0.3, -0.25) is 14.3 Å². The van der Waals surface area contributed by atoms with Crippen molar-refractivity contribution >= 4 is 11.9 Å². The lowest BCUT2D eigenvalue weighted by Gasteiger charge is -2.15. The normalized spacial score (nSPS) is 13.8. The SMILES string of the molecule is Cc1cc(C)n(CCC(=O)OCc2ccc(C(=O)N3CCCC3)cc2)n1. The van der Waals surface area contributed by atoms with Gasteiger partial charge in [-0.1, -0.05) is 12.1 Å². The van der Waals surface area contributed by atoms with E-state index in [9.17, 15) is 9.59 Å². The summed E-state index contributed by atoms with van der Waals surface area (Å²) < 4.78 is 7.14. The lowest BCUT2D eigenvalue weighted by molar-refractivity contribution is -0.145. The molecule has 1 aromatic heterocycles. The van der Waals surface area contributed by atoms with Gasteiger partial charge in [0.15, 0.2) is 0 Å². The Kier molecular flexibility index (Phi) is 5.71. The van der Waals surface area contributed by atoms with E-state index in [1.165, 1.54) is 0 Å². The third kappa shape index (κ3) is 4.50. The average molecular weight is 355 g/mol. The zero-order valence-electron chi connectivity index (χ0n) is 15.4. The van der Waals surface area contributed by atoms with Crippen molar-refractivity contribution in [1.82, 2.24) is 14.7 Å². The Balaban J connectivity index is 1.46. The van der Waals surface area contributed by atoms with E-state index in [1.807, 2.05) is 41.6 Å². The van der Waals surface area contributed by atoms with E-state index in [4.69, 9.17) is 4.74 Å². The van der Waals surface area contributed by atoms with Crippen LogP contribution in [0.25, 0.3) is 0 Å². The van der Waals surface area contributed by atoms with Crippen molar-refractivity contribution in [2.75, 3.05) is 13.1 Å². The highest BCUT2D eigenvalue weighted by atomic mass is 16.5. The van der Waals surface area contributed by atoms with Gasteiger partial charge in [-0.15, -0.1) is 0 Å². The summed E-state index contributed by atoms with van der Waals surface area (Å²) >= 11 is 0. The molecule has 0 atom stereocenters. The standard InChI is InChI=1S/C20H25N3O3/c1-15-13-16(2)23(21-15)12-9-19(24)26-14-17-5-7-18(8-6-17)20(25)22-10-3-4-11-22/h5-8,13H,3-4,9-12,14H2,1-2H3. The molecule has 0 radical (unpaired) electrons. The summed E-state index contributed by atoms with van der Waals surface area (Å²) in [5.74, 6) is -0.175. The first kappa shape index (κ1) is 18.2. The van der Waals surface area contributed by atoms with E-state index in [2.05, 4.69) is 5.10 Å². The summed E-state index contributed by atoms with van der Waals surface area (Å²) in [7, 11) is 0. The molecule has 0 saturated carbocycles. The fourth-order valence-electron chi connectivity index (χ4n) is 3.18. The van der Waals surface area contributed by atoms with E-state index < -0.39 is 0 Å². The van der Waals surface area contributed by atoms with Crippen LogP contribution < -0.4 is 0 Å². The summed E-state index contributed by atoms with van der Waals surface area (Å²) in [4.78, 5) is 26.1. The van der Waals surface area contributed by atoms with Gasteiger partial charge in [-0.05, 0) is 50.5 Å². The zero-order valence-corrected chi connectivity index (χ0v) is 15.4. The molecule has 0 aliphatic carbocycles. The van der Waals surface area contributed by atoms with Crippen molar-refractivity contribution in [1.29, 1.82) is 0 Å². The number of rotatable bonds is 6. The van der Waals surface area contributed by atoms with E-state index in [1.54, 1.807) is 12.1 Å². The number of hydrogen-bond acceptors (Lipinski definition) is 4. The van der Waals surface area contributed by atoms with Crippen LogP contribution in [0.1, 0.15) is 46.6 Å². The first-order valence-corrected chi connectivity index (χ1v) is 9.08. The van der Waals surface area contributed by atoms with E-state index in [0.29, 0.717) is 12.1 Å². The third-order valence-electron chi connectivity index (χ3n) is 4.63. The number of hydrogen-bond donors (Lipinski definition) is 0. The van der Waals surface area contributed by atoms with Crippen LogP contribution in [0.4, 0.5) is 0 Å². The van der Waals surface area contributed by atoms with Gasteiger partial charge in [0.1, 0.15) is 6.61 Å². The summed E-state index contributed by atoms with van der Waals surface area (Å²) in [6.07, 6.45) is 2.45. The zero-order chi connectivity index (χ0) is 18.5. The molecular weight excluding hydrogens is 330 g/mol. The molecule has 2 heterocycles. The van der Waals surface area contributed by atoms with Crippen molar-refractivity contribution < 1.29 is 14.3 Å². The quantitative estimate of drug-likeness (QED) is 0.748. The van der Waals surface area contributed by atoms with Crippen LogP contribution in [0.3, 0.4) is 0 Å². The van der Waals surface area contributed by atoms with Gasteiger partial charge in [-0.25, -0.2) is 0 Å². The first-order chi connectivity index (χ1) is 12.5. The van der Waals surface area contributed by atoms with Gasteiger partial charge in [-0.2, -0.15) is 5.10 Å². The lowest BCUT2D eigenvalue weighted by atomic mass is 10.1. The third-order valence-corrected chi connectivity index (χ3v) is 4.63. The number of benzene rings is 1. The molecule has 1 saturated heterocycles. The first-order valence-electron chi connectivity index (χ1n) is 9.08. The highest BCUT2D eigenvalue weighted by Crippen LogP contribution is 2.14. The topological polar surface area (TPSA) is 64.4 Å². The fraction of sp³-hybridized carbons (Fsp3) is 0.450. The van der Waals surface area contributed by atoms with Gasteiger partial charge >= 0.3 is 5.97 Å². The molecule has 6 heteroatoms.